The third-order valence-electron chi connectivity index (χ3n) is 6.28. The molecule has 7 nitrogen and oxygen atoms in total. The van der Waals surface area contributed by atoms with Crippen molar-refractivity contribution in [3.8, 4) is 11.3 Å². The number of amides is 1. The van der Waals surface area contributed by atoms with Crippen molar-refractivity contribution in [3.63, 3.8) is 0 Å². The summed E-state index contributed by atoms with van der Waals surface area (Å²) < 4.78 is 1.86. The van der Waals surface area contributed by atoms with Gasteiger partial charge in [0.2, 0.25) is 5.95 Å². The molecule has 1 aromatic carbocycles. The Morgan fingerprint density at radius 3 is 2.65 bits per heavy atom. The largest absolute Gasteiger partial charge is 0.341 e. The van der Waals surface area contributed by atoms with Gasteiger partial charge < -0.3 is 9.80 Å². The van der Waals surface area contributed by atoms with E-state index in [2.05, 4.69) is 9.88 Å². The summed E-state index contributed by atoms with van der Waals surface area (Å²) in [6.07, 6.45) is 8.27. The Morgan fingerprint density at radius 1 is 1.03 bits per heavy atom. The summed E-state index contributed by atoms with van der Waals surface area (Å²) in [5.41, 5.74) is 3.73. The van der Waals surface area contributed by atoms with Crippen molar-refractivity contribution in [1.29, 1.82) is 0 Å². The molecule has 1 amide bonds. The molecular formula is C24H28N6O. The molecule has 4 heterocycles. The third-order valence-corrected chi connectivity index (χ3v) is 6.28. The maximum Gasteiger partial charge on any atom is 0.253 e. The van der Waals surface area contributed by atoms with Crippen LogP contribution in [0.4, 0.5) is 5.95 Å². The Balaban J connectivity index is 1.41. The van der Waals surface area contributed by atoms with Gasteiger partial charge in [-0.3, -0.25) is 9.48 Å². The predicted octanol–water partition coefficient (Wildman–Crippen LogP) is 3.50. The van der Waals surface area contributed by atoms with Gasteiger partial charge in [-0.2, -0.15) is 5.10 Å². The second-order valence-corrected chi connectivity index (χ2v) is 8.49. The van der Waals surface area contributed by atoms with Gasteiger partial charge in [-0.15, -0.1) is 0 Å². The Morgan fingerprint density at radius 2 is 1.84 bits per heavy atom. The number of anilines is 1. The van der Waals surface area contributed by atoms with Crippen LogP contribution >= 0.6 is 0 Å². The topological polar surface area (TPSA) is 67.2 Å². The lowest BCUT2D eigenvalue weighted by Crippen LogP contribution is -2.39. The summed E-state index contributed by atoms with van der Waals surface area (Å²) in [7, 11) is 1.95. The molecular weight excluding hydrogens is 388 g/mol. The van der Waals surface area contributed by atoms with Crippen molar-refractivity contribution >= 4 is 11.9 Å². The second-order valence-electron chi connectivity index (χ2n) is 8.49. The van der Waals surface area contributed by atoms with Gasteiger partial charge in [-0.05, 0) is 43.9 Å². The number of hydrogen-bond acceptors (Lipinski definition) is 5. The number of aromatic nitrogens is 4. The Labute approximate surface area is 182 Å². The summed E-state index contributed by atoms with van der Waals surface area (Å²) in [6, 6.07) is 11.5. The second kappa shape index (κ2) is 8.49. The summed E-state index contributed by atoms with van der Waals surface area (Å²) in [6.45, 7) is 3.51. The minimum Gasteiger partial charge on any atom is -0.341 e. The van der Waals surface area contributed by atoms with Crippen LogP contribution in [0.15, 0.2) is 48.8 Å². The van der Waals surface area contributed by atoms with E-state index < -0.39 is 0 Å². The van der Waals surface area contributed by atoms with E-state index in [4.69, 9.17) is 10.1 Å². The van der Waals surface area contributed by atoms with E-state index in [-0.39, 0.29) is 11.8 Å². The number of piperidine rings is 1. The molecule has 5 rings (SSSR count). The van der Waals surface area contributed by atoms with E-state index in [0.717, 1.165) is 60.9 Å². The van der Waals surface area contributed by atoms with Crippen LogP contribution < -0.4 is 4.90 Å². The molecule has 31 heavy (non-hydrogen) atoms. The van der Waals surface area contributed by atoms with Gasteiger partial charge in [-0.1, -0.05) is 18.2 Å². The molecule has 0 N–H and O–H groups in total. The Kier molecular flexibility index (Phi) is 5.40. The summed E-state index contributed by atoms with van der Waals surface area (Å²) in [5, 5.41) is 4.81. The Hall–Kier alpha value is -3.22. The highest BCUT2D eigenvalue weighted by Crippen LogP contribution is 2.34. The lowest BCUT2D eigenvalue weighted by Gasteiger charge is -2.32. The lowest BCUT2D eigenvalue weighted by molar-refractivity contribution is 0.0706. The molecule has 0 aliphatic carbocycles. The highest BCUT2D eigenvalue weighted by atomic mass is 16.2. The number of carbonyl (C=O) groups is 1. The van der Waals surface area contributed by atoms with Crippen LogP contribution in [0, 0.1) is 0 Å². The normalized spacial score (nSPS) is 19.1. The van der Waals surface area contributed by atoms with Gasteiger partial charge in [0, 0.05) is 62.7 Å². The zero-order chi connectivity index (χ0) is 21.2. The smallest absolute Gasteiger partial charge is 0.253 e. The maximum absolute atomic E-state index is 13.0. The molecule has 2 fully saturated rings. The van der Waals surface area contributed by atoms with Crippen LogP contribution in [0.5, 0.6) is 0 Å². The van der Waals surface area contributed by atoms with Crippen molar-refractivity contribution < 1.29 is 4.79 Å². The minimum atomic E-state index is 0.0983. The van der Waals surface area contributed by atoms with Crippen molar-refractivity contribution in [2.24, 2.45) is 7.05 Å². The van der Waals surface area contributed by atoms with Gasteiger partial charge in [0.15, 0.2) is 0 Å². The monoisotopic (exact) mass is 416 g/mol. The fourth-order valence-corrected chi connectivity index (χ4v) is 4.72. The molecule has 0 bridgehead atoms. The molecule has 0 saturated carbocycles. The zero-order valence-electron chi connectivity index (χ0n) is 17.9. The quantitative estimate of drug-likeness (QED) is 0.651. The summed E-state index contributed by atoms with van der Waals surface area (Å²) >= 11 is 0. The molecule has 2 aliphatic heterocycles. The number of aryl methyl sites for hydroxylation is 1. The van der Waals surface area contributed by atoms with Gasteiger partial charge >= 0.3 is 0 Å². The summed E-state index contributed by atoms with van der Waals surface area (Å²) in [5.74, 6) is 1.10. The predicted molar refractivity (Wildman–Crippen MR) is 120 cm³/mol. The highest BCUT2D eigenvalue weighted by Gasteiger charge is 2.29. The zero-order valence-corrected chi connectivity index (χ0v) is 17.9. The number of benzene rings is 1. The van der Waals surface area contributed by atoms with Crippen molar-refractivity contribution in [2.45, 2.75) is 31.6 Å². The number of carbonyl (C=O) groups excluding carboxylic acids is 1. The van der Waals surface area contributed by atoms with E-state index in [1.165, 1.54) is 12.8 Å². The fourth-order valence-electron chi connectivity index (χ4n) is 4.72. The van der Waals surface area contributed by atoms with Gasteiger partial charge in [0.1, 0.15) is 0 Å². The van der Waals surface area contributed by atoms with E-state index in [1.807, 2.05) is 65.4 Å². The average Bonchev–Trinajstić information content (AvgIpc) is 3.49. The van der Waals surface area contributed by atoms with Crippen LogP contribution in [0.2, 0.25) is 0 Å². The van der Waals surface area contributed by atoms with Crippen LogP contribution in [-0.2, 0) is 7.05 Å². The average molecular weight is 417 g/mol. The van der Waals surface area contributed by atoms with Gasteiger partial charge in [0.25, 0.3) is 5.91 Å². The molecule has 7 heteroatoms. The number of rotatable bonds is 4. The third kappa shape index (κ3) is 4.04. The molecule has 3 aromatic rings. The number of likely N-dealkylation sites (tertiary alicyclic amines) is 1. The molecule has 0 radical (unpaired) electrons. The van der Waals surface area contributed by atoms with E-state index in [1.54, 1.807) is 0 Å². The first-order valence-electron chi connectivity index (χ1n) is 11.2. The summed E-state index contributed by atoms with van der Waals surface area (Å²) in [4.78, 5) is 26.6. The molecule has 1 atom stereocenters. The number of nitrogens with zero attached hydrogens (tertiary/aromatic N) is 6. The van der Waals surface area contributed by atoms with Crippen molar-refractivity contribution in [3.05, 3.63) is 60.0 Å². The fraction of sp³-hybridized carbons (Fsp3) is 0.417. The highest BCUT2D eigenvalue weighted by molar-refractivity contribution is 5.94. The van der Waals surface area contributed by atoms with E-state index >= 15 is 0 Å². The molecule has 0 unspecified atom stereocenters. The van der Waals surface area contributed by atoms with Gasteiger partial charge in [-0.25, -0.2) is 9.97 Å². The van der Waals surface area contributed by atoms with Crippen LogP contribution in [0.25, 0.3) is 11.3 Å². The first-order valence-corrected chi connectivity index (χ1v) is 11.2. The molecule has 2 aliphatic rings. The first kappa shape index (κ1) is 19.7. The van der Waals surface area contributed by atoms with E-state index in [0.29, 0.717) is 6.54 Å². The van der Waals surface area contributed by atoms with Crippen LogP contribution in [0.3, 0.4) is 0 Å². The van der Waals surface area contributed by atoms with Crippen LogP contribution in [-0.4, -0.2) is 56.7 Å². The standard InChI is InChI=1S/C24H28N6O/c1-28-17-20(21-11-12-25-24(26-21)29-13-5-6-14-29)22(27-28)19-10-7-15-30(16-19)23(31)18-8-3-2-4-9-18/h2-4,8-9,11-12,17,19H,5-7,10,13-16H2,1H3/t19-/m1/s1. The first-order chi connectivity index (χ1) is 15.2. The molecule has 2 aromatic heterocycles. The Bertz CT molecular complexity index is 1060. The van der Waals surface area contributed by atoms with E-state index in [9.17, 15) is 4.79 Å². The van der Waals surface area contributed by atoms with Gasteiger partial charge in [0.05, 0.1) is 11.4 Å². The van der Waals surface area contributed by atoms with Crippen molar-refractivity contribution in [1.82, 2.24) is 24.6 Å². The SMILES string of the molecule is Cn1cc(-c2ccnc(N3CCCC3)n2)c([C@@H]2CCCN(C(=O)c3ccccc3)C2)n1. The maximum atomic E-state index is 13.0. The molecule has 160 valence electrons. The van der Waals surface area contributed by atoms with Crippen molar-refractivity contribution in [2.75, 3.05) is 31.1 Å². The van der Waals surface area contributed by atoms with Crippen LogP contribution in [0.1, 0.15) is 47.7 Å². The molecule has 2 saturated heterocycles. The number of hydrogen-bond donors (Lipinski definition) is 0. The minimum absolute atomic E-state index is 0.0983. The lowest BCUT2D eigenvalue weighted by atomic mass is 9.91. The molecule has 0 spiro atoms.